The van der Waals surface area contributed by atoms with Crippen LogP contribution in [-0.2, 0) is 27.7 Å². The smallest absolute Gasteiger partial charge is 0.324 e. The molecule has 10 atom stereocenters. The Morgan fingerprint density at radius 1 is 1.07 bits per heavy atom. The molecule has 12 N–H and O–H groups in total. The standard InChI is InChI=1S/C20H31N13O8P2S2/c21-14-11-16(26-4-25-14)32(5-27-11)19-13(35)10(9(41-19)3-38-42(24,36)44)31-43(37,45)39-2-7-1-8(34)18(40-7)33-6-28-12-15(22)29-20(23)30-17(12)33/h4-10,13,15,18-19,34-35H,1-3,22H2,(H2,21,25,26)(H3,23,29,30)(H3,24,36,44)(H2,31,37,45)/t7-,8+,9+,10+,13+,15?,18+,19+,42?,43?/m0/s1. The molecule has 0 bridgehead atoms. The number of hydrogen-bond donors (Lipinski definition) is 10. The van der Waals surface area contributed by atoms with Gasteiger partial charge in [0, 0.05) is 6.42 Å². The van der Waals surface area contributed by atoms with Crippen LogP contribution in [0.3, 0.4) is 0 Å². The van der Waals surface area contributed by atoms with Gasteiger partial charge in [0.2, 0.25) is 0 Å². The summed E-state index contributed by atoms with van der Waals surface area (Å²) in [5.74, 6) is 0.518. The first kappa shape index (κ1) is 32.6. The summed E-state index contributed by atoms with van der Waals surface area (Å²) in [5.41, 5.74) is 24.0. The third-order valence-electron chi connectivity index (χ3n) is 7.27. The maximum absolute atomic E-state index is 13.5. The van der Waals surface area contributed by atoms with Crippen molar-refractivity contribution in [1.29, 1.82) is 0 Å². The van der Waals surface area contributed by atoms with Gasteiger partial charge in [-0.1, -0.05) is 24.5 Å². The Morgan fingerprint density at radius 2 is 1.82 bits per heavy atom. The molecule has 21 nitrogen and oxygen atoms in total. The number of rotatable bonds is 10. The van der Waals surface area contributed by atoms with Gasteiger partial charge in [-0.25, -0.2) is 25.0 Å². The van der Waals surface area contributed by atoms with Crippen LogP contribution < -0.4 is 33.1 Å². The van der Waals surface area contributed by atoms with Crippen molar-refractivity contribution in [2.45, 2.75) is 55.5 Å². The zero-order valence-corrected chi connectivity index (χ0v) is 26.6. The first-order valence-corrected chi connectivity index (χ1v) is 18.9. The molecule has 0 amide bonds. The molecule has 2 fully saturated rings. The van der Waals surface area contributed by atoms with E-state index in [2.05, 4.69) is 59.8 Å². The van der Waals surface area contributed by atoms with Crippen LogP contribution in [-0.4, -0.2) is 88.9 Å². The van der Waals surface area contributed by atoms with E-state index in [4.69, 9.17) is 41.2 Å². The maximum Gasteiger partial charge on any atom is 0.324 e. The van der Waals surface area contributed by atoms with E-state index in [0.29, 0.717) is 11.5 Å². The number of aliphatic hydroxyl groups excluding tert-OH is 2. The number of aliphatic hydroxyl groups is 2. The van der Waals surface area contributed by atoms with Crippen molar-refractivity contribution in [3.8, 4) is 0 Å². The Bertz CT molecular complexity index is 1710. The van der Waals surface area contributed by atoms with Crippen LogP contribution in [0.5, 0.6) is 0 Å². The van der Waals surface area contributed by atoms with Crippen molar-refractivity contribution in [2.24, 2.45) is 22.0 Å². The van der Waals surface area contributed by atoms with Crippen LogP contribution in [0.1, 0.15) is 30.7 Å². The van der Waals surface area contributed by atoms with E-state index in [1.165, 1.54) is 28.1 Å². The minimum atomic E-state index is -4.01. The van der Waals surface area contributed by atoms with Gasteiger partial charge >= 0.3 is 13.4 Å². The molecule has 2 saturated heterocycles. The van der Waals surface area contributed by atoms with Gasteiger partial charge in [-0.05, 0) is 0 Å². The fraction of sp³-hybridized carbons (Fsp3) is 0.550. The van der Waals surface area contributed by atoms with Crippen LogP contribution in [0.15, 0.2) is 24.0 Å². The normalized spacial score (nSPS) is 32.5. The second kappa shape index (κ2) is 12.3. The molecule has 246 valence electrons. The third-order valence-corrected chi connectivity index (χ3v) is 9.95. The third kappa shape index (κ3) is 6.72. The second-order valence-corrected chi connectivity index (χ2v) is 16.6. The first-order valence-electron chi connectivity index (χ1n) is 13.2. The van der Waals surface area contributed by atoms with Crippen molar-refractivity contribution >= 4 is 66.7 Å². The number of hydrogen-bond acceptors (Lipinski definition) is 17. The summed E-state index contributed by atoms with van der Waals surface area (Å²) in [6.07, 6.45) is -2.88. The minimum Gasteiger partial charge on any atom is -0.388 e. The molecule has 3 aromatic rings. The van der Waals surface area contributed by atoms with Crippen LogP contribution in [0.25, 0.3) is 11.2 Å². The summed E-state index contributed by atoms with van der Waals surface area (Å²) in [7, 11) is 0. The van der Waals surface area contributed by atoms with Gasteiger partial charge in [-0.3, -0.25) is 23.8 Å². The summed E-state index contributed by atoms with van der Waals surface area (Å²) < 4.78 is 51.1. The number of imidazole rings is 2. The summed E-state index contributed by atoms with van der Waals surface area (Å²) in [4.78, 5) is 20.7. The van der Waals surface area contributed by atoms with Crippen LogP contribution in [0.4, 0.5) is 11.6 Å². The van der Waals surface area contributed by atoms with Gasteiger partial charge in [0.05, 0.1) is 38.0 Å². The Balaban J connectivity index is 1.14. The molecule has 0 aromatic carbocycles. The van der Waals surface area contributed by atoms with Gasteiger partial charge in [0.15, 0.2) is 35.7 Å². The lowest BCUT2D eigenvalue weighted by atomic mass is 10.1. The Hall–Kier alpha value is -2.37. The summed E-state index contributed by atoms with van der Waals surface area (Å²) >= 11 is 7.92. The first-order chi connectivity index (χ1) is 21.2. The molecule has 0 saturated carbocycles. The molecule has 6 heterocycles. The molecule has 3 aliphatic heterocycles. The highest BCUT2D eigenvalue weighted by atomic mass is 32.7. The number of guanidine groups is 1. The van der Waals surface area contributed by atoms with E-state index in [-0.39, 0.29) is 36.0 Å². The molecule has 0 radical (unpaired) electrons. The summed E-state index contributed by atoms with van der Waals surface area (Å²) in [6, 6.07) is -1.16. The van der Waals surface area contributed by atoms with Crippen LogP contribution in [0, 0.1) is 0 Å². The van der Waals surface area contributed by atoms with E-state index in [0.717, 1.165) is 0 Å². The summed E-state index contributed by atoms with van der Waals surface area (Å²) in [6.45, 7) is -8.45. The predicted molar refractivity (Wildman–Crippen MR) is 164 cm³/mol. The molecule has 3 aromatic heterocycles. The van der Waals surface area contributed by atoms with E-state index in [1.807, 2.05) is 0 Å². The van der Waals surface area contributed by atoms with Gasteiger partial charge in [0.1, 0.15) is 42.0 Å². The number of nitrogen functional groups attached to an aromatic ring is 1. The lowest BCUT2D eigenvalue weighted by Gasteiger charge is -2.26. The molecule has 45 heavy (non-hydrogen) atoms. The number of ether oxygens (including phenoxy) is 2. The number of aromatic nitrogens is 6. The fourth-order valence-electron chi connectivity index (χ4n) is 5.27. The lowest BCUT2D eigenvalue weighted by Crippen LogP contribution is -2.44. The van der Waals surface area contributed by atoms with Crippen molar-refractivity contribution in [1.82, 2.24) is 39.5 Å². The topological polar surface area (TPSA) is 313 Å². The van der Waals surface area contributed by atoms with Crippen molar-refractivity contribution in [3.63, 3.8) is 0 Å². The van der Waals surface area contributed by atoms with E-state index < -0.39 is 69.1 Å². The second-order valence-electron chi connectivity index (χ2n) is 10.4. The Kier molecular flexibility index (Phi) is 8.93. The quantitative estimate of drug-likeness (QED) is 0.0868. The molecule has 6 rings (SSSR count). The zero-order valence-electron chi connectivity index (χ0n) is 23.0. The van der Waals surface area contributed by atoms with E-state index in [9.17, 15) is 19.3 Å². The number of nitrogens with two attached hydrogens (primary N) is 4. The maximum atomic E-state index is 13.5. The molecule has 0 aliphatic carbocycles. The largest absolute Gasteiger partial charge is 0.388 e. The number of aliphatic imine (C=N–C) groups is 1. The van der Waals surface area contributed by atoms with Crippen molar-refractivity contribution in [3.05, 3.63) is 24.7 Å². The zero-order chi connectivity index (χ0) is 32.3. The number of nitrogens with zero attached hydrogens (tertiary/aromatic N) is 7. The highest BCUT2D eigenvalue weighted by molar-refractivity contribution is 8.45. The molecule has 3 unspecified atom stereocenters. The van der Waals surface area contributed by atoms with Crippen LogP contribution in [0.2, 0.25) is 0 Å². The minimum absolute atomic E-state index is 0.0810. The molecule has 3 aliphatic rings. The van der Waals surface area contributed by atoms with Crippen molar-refractivity contribution < 1.29 is 37.9 Å². The number of anilines is 1. The molecular weight excluding hydrogens is 676 g/mol. The van der Waals surface area contributed by atoms with Gasteiger partial charge < -0.3 is 51.3 Å². The highest BCUT2D eigenvalue weighted by Gasteiger charge is 2.48. The average Bonchev–Trinajstić information content (AvgIpc) is 3.72. The molecule has 0 spiro atoms. The summed E-state index contributed by atoms with van der Waals surface area (Å²) in [5, 5.41) is 27.5. The van der Waals surface area contributed by atoms with Gasteiger partial charge in [-0.15, -0.1) is 0 Å². The highest BCUT2D eigenvalue weighted by Crippen LogP contribution is 2.51. The SMILES string of the molecule is NC1=Nc2c(ncn2[C@@H]2O[C@H](COP(=O)(S)N[C@H]3[C@@H](O)[C@H](n4cnc5c(N)ncnc54)O[C@@H]3COP(N)(=O)S)C[C@H]2O)C(N)N1. The van der Waals surface area contributed by atoms with Crippen molar-refractivity contribution in [2.75, 3.05) is 18.9 Å². The van der Waals surface area contributed by atoms with Gasteiger partial charge in [-0.2, -0.15) is 4.99 Å². The van der Waals surface area contributed by atoms with Gasteiger partial charge in [0.25, 0.3) is 0 Å². The van der Waals surface area contributed by atoms with E-state index >= 15 is 0 Å². The fourth-order valence-corrected chi connectivity index (χ4v) is 7.57. The Morgan fingerprint density at radius 3 is 2.58 bits per heavy atom. The molecular formula is C20H31N13O8P2S2. The van der Waals surface area contributed by atoms with Crippen LogP contribution >= 0.6 is 37.9 Å². The number of nitrogens with one attached hydrogen (secondary N) is 2. The lowest BCUT2D eigenvalue weighted by molar-refractivity contribution is -0.0466. The number of fused-ring (bicyclic) bond motifs is 2. The monoisotopic (exact) mass is 707 g/mol. The predicted octanol–water partition coefficient (Wildman–Crippen LogP) is -1.26. The number of thiol groups is 2. The van der Waals surface area contributed by atoms with E-state index in [1.54, 1.807) is 0 Å². The molecule has 25 heteroatoms. The Labute approximate surface area is 264 Å². The average molecular weight is 708 g/mol.